The molecule has 19 heteroatoms. The Bertz CT molecular complexity index is 2410. The van der Waals surface area contributed by atoms with Crippen molar-refractivity contribution in [3.05, 3.63) is 153 Å². The Kier molecular flexibility index (Phi) is 15.2. The van der Waals surface area contributed by atoms with Crippen molar-refractivity contribution in [2.45, 2.75) is 98.9 Å². The largest absolute Gasteiger partial charge is 0.509 e. The molecule has 0 spiro atoms. The minimum Gasteiger partial charge on any atom is -0.463 e. The second-order valence-electron chi connectivity index (χ2n) is 15.8. The fraction of sp³-hybridized carbons (Fsp3) is 0.340. The number of furan rings is 2. The summed E-state index contributed by atoms with van der Waals surface area (Å²) in [6.45, 7) is 7.50. The first-order valence-electron chi connectivity index (χ1n) is 20.9. The summed E-state index contributed by atoms with van der Waals surface area (Å²) in [5, 5.41) is 69.5. The smallest absolute Gasteiger partial charge is 0.463 e. The third-order valence-electron chi connectivity index (χ3n) is 11.4. The number of hydrogen-bond acceptors (Lipinski definition) is 17. The molecule has 0 amide bonds. The Hall–Kier alpha value is -4.73. The van der Waals surface area contributed by atoms with Crippen molar-refractivity contribution in [1.82, 2.24) is 9.97 Å². The van der Waals surface area contributed by atoms with Crippen LogP contribution in [0.1, 0.15) is 57.3 Å². The van der Waals surface area contributed by atoms with Crippen molar-refractivity contribution >= 4 is 52.0 Å². The summed E-state index contributed by atoms with van der Waals surface area (Å²) < 4.78 is 35.0. The van der Waals surface area contributed by atoms with Crippen molar-refractivity contribution < 1.29 is 63.2 Å². The standard InChI is InChI=1S/C47H46Cl2N2O13S2/c1-3-7-31(45-41(56)37(52)39(54)43(63-45)23-11-13-27(48)25(17-23)19-35-50-21-33(65-35)29-9-5-15-59-29)61-47(58)62-32(8-4-2)46-42(57)38(53)40(55)44(64-46)24-12-14-28(49)26(18-24)20-36-51-22-34(66-36)30-10-6-16-60-30/h3-6,9-18,21-22,31-32,37-46,52-57H,1-2,7-8,19-20H2/t31?,32?,37-,38-,39+,40+,41+,42+,43-,44-,45-,46-/m0/s1. The van der Waals surface area contributed by atoms with Gasteiger partial charge in [-0.05, 0) is 58.7 Å². The second-order valence-corrected chi connectivity index (χ2v) is 18.9. The minimum absolute atomic E-state index is 0.0913. The summed E-state index contributed by atoms with van der Waals surface area (Å²) in [5.74, 6) is 1.35. The fourth-order valence-corrected chi connectivity index (χ4v) is 10.3. The normalized spacial score (nSPS) is 26.4. The lowest BCUT2D eigenvalue weighted by molar-refractivity contribution is -0.253. The maximum absolute atomic E-state index is 13.7. The van der Waals surface area contributed by atoms with E-state index in [-0.39, 0.29) is 12.8 Å². The highest BCUT2D eigenvalue weighted by Gasteiger charge is 2.50. The molecular weight excluding hydrogens is 936 g/mol. The van der Waals surface area contributed by atoms with Gasteiger partial charge < -0.3 is 58.4 Å². The van der Waals surface area contributed by atoms with Gasteiger partial charge in [0.25, 0.3) is 0 Å². The van der Waals surface area contributed by atoms with Crippen molar-refractivity contribution in [2.24, 2.45) is 0 Å². The average Bonchev–Trinajstić information content (AvgIpc) is 4.16. The summed E-state index contributed by atoms with van der Waals surface area (Å²) in [5.41, 5.74) is 2.14. The Labute approximate surface area is 396 Å². The number of benzene rings is 2. The topological polar surface area (TPSA) is 227 Å². The summed E-state index contributed by atoms with van der Waals surface area (Å²) in [6.07, 6.45) is -9.50. The maximum Gasteiger partial charge on any atom is 0.509 e. The SMILES string of the molecule is C=CCC(OC(=O)OC(CC=C)[C@@H]1O[C@@H](c2ccc(Cl)c(Cc3ncc(-c4ccco4)s3)c2)[C@H](O)[C@H](O)[C@H]1O)[C@@H]1O[C@@H](c2ccc(Cl)c(Cc3ncc(-c4ccco4)s3)c2)[C@H](O)[C@H](O)[C@H]1O. The lowest BCUT2D eigenvalue weighted by atomic mass is 9.88. The van der Waals surface area contributed by atoms with Crippen LogP contribution in [0.3, 0.4) is 0 Å². The number of aliphatic hydroxyl groups excluding tert-OH is 6. The van der Waals surface area contributed by atoms with E-state index >= 15 is 0 Å². The molecule has 4 aromatic heterocycles. The molecule has 12 atom stereocenters. The third-order valence-corrected chi connectivity index (χ3v) is 14.2. The van der Waals surface area contributed by atoms with Crippen LogP contribution in [0.25, 0.3) is 21.3 Å². The first-order valence-corrected chi connectivity index (χ1v) is 23.2. The van der Waals surface area contributed by atoms with Gasteiger partial charge in [0, 0.05) is 48.1 Å². The van der Waals surface area contributed by atoms with Crippen molar-refractivity contribution in [1.29, 1.82) is 0 Å². The minimum atomic E-state index is -1.74. The highest BCUT2D eigenvalue weighted by molar-refractivity contribution is 7.15. The molecule has 6 aromatic rings. The molecule has 2 fully saturated rings. The molecule has 2 aromatic carbocycles. The number of carbonyl (C=O) groups is 1. The maximum atomic E-state index is 13.7. The number of carbonyl (C=O) groups excluding carboxylic acids is 1. The van der Waals surface area contributed by atoms with Crippen LogP contribution >= 0.6 is 45.9 Å². The number of nitrogens with zero attached hydrogens (tertiary/aromatic N) is 2. The predicted octanol–water partition coefficient (Wildman–Crippen LogP) is 7.40. The number of ether oxygens (including phenoxy) is 4. The molecule has 15 nitrogen and oxygen atoms in total. The zero-order chi connectivity index (χ0) is 46.6. The van der Waals surface area contributed by atoms with Gasteiger partial charge in [-0.2, -0.15) is 0 Å². The van der Waals surface area contributed by atoms with Crippen LogP contribution in [-0.2, 0) is 31.8 Å². The number of aliphatic hydroxyl groups is 6. The summed E-state index contributed by atoms with van der Waals surface area (Å²) in [7, 11) is 0. The number of aromatic nitrogens is 2. The van der Waals surface area contributed by atoms with Gasteiger partial charge in [-0.25, -0.2) is 14.8 Å². The molecule has 6 N–H and O–H groups in total. The molecule has 0 aliphatic carbocycles. The lowest BCUT2D eigenvalue weighted by Crippen LogP contribution is -2.59. The quantitative estimate of drug-likeness (QED) is 0.0410. The van der Waals surface area contributed by atoms with Gasteiger partial charge in [0.05, 0.1) is 32.3 Å². The van der Waals surface area contributed by atoms with Crippen molar-refractivity contribution in [3.8, 4) is 21.3 Å². The number of hydrogen-bond donors (Lipinski definition) is 6. The van der Waals surface area contributed by atoms with Crippen LogP contribution in [0.2, 0.25) is 10.0 Å². The van der Waals surface area contributed by atoms with E-state index in [9.17, 15) is 35.4 Å². The molecule has 0 radical (unpaired) electrons. The molecule has 2 aliphatic rings. The number of rotatable bonds is 16. The Morgan fingerprint density at radius 2 is 1.08 bits per heavy atom. The molecule has 2 aliphatic heterocycles. The predicted molar refractivity (Wildman–Crippen MR) is 244 cm³/mol. The summed E-state index contributed by atoms with van der Waals surface area (Å²) in [4.78, 5) is 24.4. The second kappa shape index (κ2) is 21.1. The first-order chi connectivity index (χ1) is 31.8. The van der Waals surface area contributed by atoms with Gasteiger partial charge in [0.1, 0.15) is 84.8 Å². The molecule has 8 rings (SSSR count). The third kappa shape index (κ3) is 10.4. The molecule has 0 bridgehead atoms. The highest BCUT2D eigenvalue weighted by Crippen LogP contribution is 2.40. The zero-order valence-electron chi connectivity index (χ0n) is 34.9. The molecule has 348 valence electrons. The van der Waals surface area contributed by atoms with Gasteiger partial charge in [-0.15, -0.1) is 35.8 Å². The van der Waals surface area contributed by atoms with Crippen molar-refractivity contribution in [3.63, 3.8) is 0 Å². The fourth-order valence-electron chi connectivity index (χ4n) is 8.07. The van der Waals surface area contributed by atoms with E-state index in [0.29, 0.717) is 56.7 Å². The van der Waals surface area contributed by atoms with Gasteiger partial charge in [-0.3, -0.25) is 0 Å². The molecule has 6 heterocycles. The van der Waals surface area contributed by atoms with E-state index in [2.05, 4.69) is 23.1 Å². The Balaban J connectivity index is 0.968. The van der Waals surface area contributed by atoms with Crippen LogP contribution in [0.4, 0.5) is 4.79 Å². The van der Waals surface area contributed by atoms with E-state index < -0.39 is 79.4 Å². The molecule has 2 saturated heterocycles. The van der Waals surface area contributed by atoms with Gasteiger partial charge >= 0.3 is 6.16 Å². The van der Waals surface area contributed by atoms with E-state index in [1.54, 1.807) is 73.5 Å². The van der Waals surface area contributed by atoms with Crippen LogP contribution < -0.4 is 0 Å². The molecule has 2 unspecified atom stereocenters. The zero-order valence-corrected chi connectivity index (χ0v) is 38.1. The molecule has 0 saturated carbocycles. The monoisotopic (exact) mass is 980 g/mol. The van der Waals surface area contributed by atoms with E-state index in [1.807, 2.05) is 12.1 Å². The number of halogens is 2. The summed E-state index contributed by atoms with van der Waals surface area (Å²) >= 11 is 16.1. The first kappa shape index (κ1) is 47.8. The average molecular weight is 982 g/mol. The van der Waals surface area contributed by atoms with Crippen LogP contribution in [-0.4, -0.2) is 108 Å². The van der Waals surface area contributed by atoms with Gasteiger partial charge in [0.2, 0.25) is 0 Å². The van der Waals surface area contributed by atoms with E-state index in [4.69, 9.17) is 51.0 Å². The number of thiazole rings is 2. The van der Waals surface area contributed by atoms with E-state index in [0.717, 1.165) is 19.8 Å². The molecule has 66 heavy (non-hydrogen) atoms. The highest BCUT2D eigenvalue weighted by atomic mass is 35.5. The summed E-state index contributed by atoms with van der Waals surface area (Å²) in [6, 6.07) is 17.1. The Morgan fingerprint density at radius 3 is 1.45 bits per heavy atom. The van der Waals surface area contributed by atoms with Crippen LogP contribution in [0, 0.1) is 0 Å². The van der Waals surface area contributed by atoms with Crippen LogP contribution in [0.5, 0.6) is 0 Å². The molecular formula is C47H46Cl2N2O13S2. The van der Waals surface area contributed by atoms with E-state index in [1.165, 1.54) is 34.8 Å². The van der Waals surface area contributed by atoms with Crippen LogP contribution in [0.15, 0.2) is 120 Å². The van der Waals surface area contributed by atoms with Gasteiger partial charge in [-0.1, -0.05) is 59.6 Å². The Morgan fingerprint density at radius 1 is 0.652 bits per heavy atom. The van der Waals surface area contributed by atoms with Gasteiger partial charge in [0.15, 0.2) is 0 Å². The van der Waals surface area contributed by atoms with Crippen molar-refractivity contribution in [2.75, 3.05) is 0 Å². The lowest BCUT2D eigenvalue weighted by Gasteiger charge is -2.44.